The molecule has 0 bridgehead atoms. The van der Waals surface area contributed by atoms with E-state index in [1.807, 2.05) is 6.92 Å². The Hall–Kier alpha value is -1.38. The van der Waals surface area contributed by atoms with Crippen molar-refractivity contribution >= 4 is 29.0 Å². The van der Waals surface area contributed by atoms with E-state index in [0.29, 0.717) is 16.1 Å². The van der Waals surface area contributed by atoms with Gasteiger partial charge in [0.2, 0.25) is 0 Å². The van der Waals surface area contributed by atoms with Crippen molar-refractivity contribution in [2.24, 2.45) is 0 Å². The molecule has 1 nitrogen and oxygen atoms in total. The van der Waals surface area contributed by atoms with Gasteiger partial charge in [-0.05, 0) is 36.2 Å². The second-order valence-corrected chi connectivity index (χ2v) is 5.13. The van der Waals surface area contributed by atoms with Crippen molar-refractivity contribution in [2.45, 2.75) is 13.3 Å². The second-order valence-electron chi connectivity index (χ2n) is 4.31. The molecule has 19 heavy (non-hydrogen) atoms. The molecule has 0 saturated carbocycles. The van der Waals surface area contributed by atoms with E-state index in [1.54, 1.807) is 24.3 Å². The number of hydrogen-bond acceptors (Lipinski definition) is 1. The molecule has 0 radical (unpaired) electrons. The maximum absolute atomic E-state index is 13.3. The summed E-state index contributed by atoms with van der Waals surface area (Å²) in [6.45, 7) is 1.87. The normalized spacial score (nSPS) is 10.5. The molecule has 0 aliphatic heterocycles. The largest absolute Gasteiger partial charge is 0.294 e. The van der Waals surface area contributed by atoms with Gasteiger partial charge in [-0.1, -0.05) is 41.4 Å². The summed E-state index contributed by atoms with van der Waals surface area (Å²) in [6.07, 6.45) is 0.119. The molecule has 0 spiro atoms. The zero-order valence-corrected chi connectivity index (χ0v) is 11.7. The van der Waals surface area contributed by atoms with Crippen LogP contribution in [-0.4, -0.2) is 5.78 Å². The van der Waals surface area contributed by atoms with Crippen LogP contribution in [0.4, 0.5) is 4.39 Å². The fourth-order valence-corrected chi connectivity index (χ4v) is 2.00. The molecule has 0 aromatic heterocycles. The summed E-state index contributed by atoms with van der Waals surface area (Å²) >= 11 is 11.6. The van der Waals surface area contributed by atoms with E-state index in [4.69, 9.17) is 23.2 Å². The minimum atomic E-state index is -0.520. The number of carbonyl (C=O) groups is 1. The first kappa shape index (κ1) is 14.0. The second kappa shape index (κ2) is 5.72. The predicted molar refractivity (Wildman–Crippen MR) is 75.6 cm³/mol. The summed E-state index contributed by atoms with van der Waals surface area (Å²) in [7, 11) is 0. The molecular weight excluding hydrogens is 286 g/mol. The van der Waals surface area contributed by atoms with Gasteiger partial charge in [0.15, 0.2) is 5.78 Å². The molecule has 98 valence electrons. The van der Waals surface area contributed by atoms with Gasteiger partial charge < -0.3 is 0 Å². The third kappa shape index (κ3) is 3.34. The first-order valence-corrected chi connectivity index (χ1v) is 6.46. The van der Waals surface area contributed by atoms with Crippen LogP contribution in [0.5, 0.6) is 0 Å². The van der Waals surface area contributed by atoms with Crippen molar-refractivity contribution in [2.75, 3.05) is 0 Å². The van der Waals surface area contributed by atoms with E-state index in [0.717, 1.165) is 5.56 Å². The zero-order chi connectivity index (χ0) is 14.0. The van der Waals surface area contributed by atoms with Crippen LogP contribution in [0.25, 0.3) is 0 Å². The molecule has 0 aliphatic carbocycles. The van der Waals surface area contributed by atoms with E-state index < -0.39 is 5.82 Å². The molecule has 2 aromatic rings. The Labute approximate surface area is 121 Å². The van der Waals surface area contributed by atoms with Crippen LogP contribution in [0.3, 0.4) is 0 Å². The lowest BCUT2D eigenvalue weighted by molar-refractivity contribution is 0.0993. The third-order valence-corrected chi connectivity index (χ3v) is 3.56. The zero-order valence-electron chi connectivity index (χ0n) is 10.2. The van der Waals surface area contributed by atoms with Crippen LogP contribution in [0.15, 0.2) is 36.4 Å². The van der Waals surface area contributed by atoms with Crippen molar-refractivity contribution in [1.29, 1.82) is 0 Å². The number of carbonyl (C=O) groups excluding carboxylic acids is 1. The van der Waals surface area contributed by atoms with Gasteiger partial charge in [0, 0.05) is 17.0 Å². The number of aryl methyl sites for hydroxylation is 1. The lowest BCUT2D eigenvalue weighted by atomic mass is 10.0. The summed E-state index contributed by atoms with van der Waals surface area (Å²) in [5.74, 6) is -0.627. The van der Waals surface area contributed by atoms with Crippen molar-refractivity contribution in [1.82, 2.24) is 0 Å². The van der Waals surface area contributed by atoms with Crippen molar-refractivity contribution in [3.8, 4) is 0 Å². The molecule has 0 unspecified atom stereocenters. The Morgan fingerprint density at radius 1 is 1.11 bits per heavy atom. The smallest absolute Gasteiger partial charge is 0.167 e. The van der Waals surface area contributed by atoms with E-state index in [1.165, 1.54) is 12.1 Å². The van der Waals surface area contributed by atoms with E-state index >= 15 is 0 Å². The first-order valence-electron chi connectivity index (χ1n) is 5.70. The Bertz CT molecular complexity index is 638. The monoisotopic (exact) mass is 296 g/mol. The van der Waals surface area contributed by atoms with Gasteiger partial charge in [0.25, 0.3) is 0 Å². The van der Waals surface area contributed by atoms with Crippen molar-refractivity contribution < 1.29 is 9.18 Å². The standard InChI is InChI=1S/C15H11Cl2FO/c1-9-2-4-11(8-13(9)17)15(19)7-10-3-5-12(16)14(18)6-10/h2-6,8H,7H2,1H3. The highest BCUT2D eigenvalue weighted by molar-refractivity contribution is 6.31. The highest BCUT2D eigenvalue weighted by Gasteiger charge is 2.10. The molecule has 0 aliphatic rings. The fourth-order valence-electron chi connectivity index (χ4n) is 1.70. The summed E-state index contributed by atoms with van der Waals surface area (Å²) in [5, 5.41) is 0.600. The average Bonchev–Trinajstić information content (AvgIpc) is 2.37. The molecule has 0 fully saturated rings. The SMILES string of the molecule is Cc1ccc(C(=O)Cc2ccc(Cl)c(F)c2)cc1Cl. The average molecular weight is 297 g/mol. The molecule has 2 aromatic carbocycles. The van der Waals surface area contributed by atoms with E-state index in [-0.39, 0.29) is 17.2 Å². The number of hydrogen-bond donors (Lipinski definition) is 0. The summed E-state index contributed by atoms with van der Waals surface area (Å²) in [5.41, 5.74) is 2.02. The maximum atomic E-state index is 13.3. The summed E-state index contributed by atoms with van der Waals surface area (Å²) < 4.78 is 13.3. The lowest BCUT2D eigenvalue weighted by Gasteiger charge is -2.04. The highest BCUT2D eigenvalue weighted by atomic mass is 35.5. The van der Waals surface area contributed by atoms with E-state index in [2.05, 4.69) is 0 Å². The molecule has 0 atom stereocenters. The Morgan fingerprint density at radius 3 is 2.47 bits per heavy atom. The molecule has 2 rings (SSSR count). The maximum Gasteiger partial charge on any atom is 0.167 e. The first-order chi connectivity index (χ1) is 8.97. The number of ketones is 1. The summed E-state index contributed by atoms with van der Waals surface area (Å²) in [4.78, 5) is 12.1. The Morgan fingerprint density at radius 2 is 1.84 bits per heavy atom. The molecule has 0 heterocycles. The van der Waals surface area contributed by atoms with Crippen molar-refractivity contribution in [3.63, 3.8) is 0 Å². The van der Waals surface area contributed by atoms with Gasteiger partial charge in [-0.15, -0.1) is 0 Å². The van der Waals surface area contributed by atoms with Gasteiger partial charge >= 0.3 is 0 Å². The van der Waals surface area contributed by atoms with Crippen LogP contribution >= 0.6 is 23.2 Å². The van der Waals surface area contributed by atoms with Crippen LogP contribution in [-0.2, 0) is 6.42 Å². The van der Waals surface area contributed by atoms with Crippen LogP contribution in [0.2, 0.25) is 10.0 Å². The molecule has 0 N–H and O–H groups in total. The number of benzene rings is 2. The van der Waals surface area contributed by atoms with Gasteiger partial charge in [0.1, 0.15) is 5.82 Å². The van der Waals surface area contributed by atoms with Gasteiger partial charge in [-0.3, -0.25) is 4.79 Å². The van der Waals surface area contributed by atoms with Gasteiger partial charge in [-0.2, -0.15) is 0 Å². The minimum Gasteiger partial charge on any atom is -0.294 e. The molecule has 0 amide bonds. The molecular formula is C15H11Cl2FO. The number of rotatable bonds is 3. The number of Topliss-reactive ketones (excluding diaryl/α,β-unsaturated/α-hetero) is 1. The summed E-state index contributed by atoms with van der Waals surface area (Å²) in [6, 6.07) is 9.50. The fraction of sp³-hybridized carbons (Fsp3) is 0.133. The van der Waals surface area contributed by atoms with Gasteiger partial charge in [0.05, 0.1) is 5.02 Å². The molecule has 4 heteroatoms. The van der Waals surface area contributed by atoms with Gasteiger partial charge in [-0.25, -0.2) is 4.39 Å². The quantitative estimate of drug-likeness (QED) is 0.739. The van der Waals surface area contributed by atoms with E-state index in [9.17, 15) is 9.18 Å². The Kier molecular flexibility index (Phi) is 4.23. The van der Waals surface area contributed by atoms with Crippen LogP contribution in [0.1, 0.15) is 21.5 Å². The van der Waals surface area contributed by atoms with Crippen LogP contribution in [0, 0.1) is 12.7 Å². The van der Waals surface area contributed by atoms with Crippen molar-refractivity contribution in [3.05, 3.63) is 69.0 Å². The predicted octanol–water partition coefficient (Wildman–Crippen LogP) is 4.87. The number of halogens is 3. The lowest BCUT2D eigenvalue weighted by Crippen LogP contribution is -2.04. The minimum absolute atomic E-state index is 0.0505. The highest BCUT2D eigenvalue weighted by Crippen LogP contribution is 2.20. The molecule has 0 saturated heterocycles. The Balaban J connectivity index is 2.20. The van der Waals surface area contributed by atoms with Crippen LogP contribution < -0.4 is 0 Å². The third-order valence-electron chi connectivity index (χ3n) is 2.84. The topological polar surface area (TPSA) is 17.1 Å².